The number of amides is 2. The Morgan fingerprint density at radius 3 is 2.32 bits per heavy atom. The van der Waals surface area contributed by atoms with Crippen LogP contribution in [-0.2, 0) is 14.3 Å². The molecule has 1 atom stereocenters. The SMILES string of the molecule is CC1CN(c2ccc(NC(=O)C3CCN(C(=O)C(F)(F)F)CC3)cc2)CCO1. The maximum atomic E-state index is 12.5. The van der Waals surface area contributed by atoms with Gasteiger partial charge in [0.05, 0.1) is 12.7 Å². The molecule has 2 heterocycles. The fourth-order valence-electron chi connectivity index (χ4n) is 3.58. The van der Waals surface area contributed by atoms with Crippen molar-refractivity contribution < 1.29 is 27.5 Å². The fourth-order valence-corrected chi connectivity index (χ4v) is 3.58. The molecule has 0 bridgehead atoms. The number of carbonyl (C=O) groups is 2. The van der Waals surface area contributed by atoms with Crippen LogP contribution in [0.15, 0.2) is 24.3 Å². The van der Waals surface area contributed by atoms with Crippen LogP contribution in [0.2, 0.25) is 0 Å². The van der Waals surface area contributed by atoms with E-state index in [1.54, 1.807) is 0 Å². The third kappa shape index (κ3) is 4.95. The monoisotopic (exact) mass is 399 g/mol. The average Bonchev–Trinajstić information content (AvgIpc) is 2.67. The highest BCUT2D eigenvalue weighted by atomic mass is 19.4. The van der Waals surface area contributed by atoms with Gasteiger partial charge in [0.25, 0.3) is 0 Å². The summed E-state index contributed by atoms with van der Waals surface area (Å²) >= 11 is 0. The lowest BCUT2D eigenvalue weighted by molar-refractivity contribution is -0.186. The van der Waals surface area contributed by atoms with Crippen LogP contribution in [0.3, 0.4) is 0 Å². The number of likely N-dealkylation sites (tertiary alicyclic amines) is 1. The van der Waals surface area contributed by atoms with E-state index in [1.165, 1.54) is 0 Å². The molecule has 3 rings (SSSR count). The summed E-state index contributed by atoms with van der Waals surface area (Å²) in [6.45, 7) is 4.19. The van der Waals surface area contributed by atoms with Crippen molar-refractivity contribution in [2.75, 3.05) is 43.0 Å². The molecule has 1 aromatic carbocycles. The van der Waals surface area contributed by atoms with Gasteiger partial charge in [0.1, 0.15) is 0 Å². The predicted molar refractivity (Wildman–Crippen MR) is 98.1 cm³/mol. The van der Waals surface area contributed by atoms with Crippen LogP contribution in [0.4, 0.5) is 24.5 Å². The lowest BCUT2D eigenvalue weighted by Gasteiger charge is -2.33. The smallest absolute Gasteiger partial charge is 0.375 e. The zero-order valence-corrected chi connectivity index (χ0v) is 15.7. The summed E-state index contributed by atoms with van der Waals surface area (Å²) in [5.41, 5.74) is 1.69. The first-order valence-corrected chi connectivity index (χ1v) is 9.37. The number of nitrogens with one attached hydrogen (secondary N) is 1. The second-order valence-corrected chi connectivity index (χ2v) is 7.23. The highest BCUT2D eigenvalue weighted by Gasteiger charge is 2.43. The molecule has 1 unspecified atom stereocenters. The molecule has 9 heteroatoms. The van der Waals surface area contributed by atoms with Crippen LogP contribution in [0.25, 0.3) is 0 Å². The number of morpholine rings is 1. The normalized spacial score (nSPS) is 21.5. The molecule has 1 N–H and O–H groups in total. The average molecular weight is 399 g/mol. The molecule has 2 fully saturated rings. The van der Waals surface area contributed by atoms with Crippen molar-refractivity contribution in [3.8, 4) is 0 Å². The van der Waals surface area contributed by atoms with E-state index in [0.29, 0.717) is 12.3 Å². The Kier molecular flexibility index (Phi) is 6.12. The third-order valence-corrected chi connectivity index (χ3v) is 5.14. The van der Waals surface area contributed by atoms with Gasteiger partial charge in [0.15, 0.2) is 0 Å². The fraction of sp³-hybridized carbons (Fsp3) is 0.579. The number of anilines is 2. The van der Waals surface area contributed by atoms with E-state index in [9.17, 15) is 22.8 Å². The van der Waals surface area contributed by atoms with Gasteiger partial charge in [0, 0.05) is 43.5 Å². The molecule has 0 aliphatic carbocycles. The second kappa shape index (κ2) is 8.38. The van der Waals surface area contributed by atoms with Crippen molar-refractivity contribution in [1.82, 2.24) is 4.90 Å². The summed E-state index contributed by atoms with van der Waals surface area (Å²) in [6, 6.07) is 7.49. The Morgan fingerprint density at radius 2 is 1.75 bits per heavy atom. The van der Waals surface area contributed by atoms with Gasteiger partial charge in [-0.25, -0.2) is 0 Å². The highest BCUT2D eigenvalue weighted by Crippen LogP contribution is 2.25. The standard InChI is InChI=1S/C19H24F3N3O3/c1-13-12-25(10-11-28-13)16-4-2-15(3-5-16)23-17(26)14-6-8-24(9-7-14)18(27)19(20,21)22/h2-5,13-14H,6-12H2,1H3,(H,23,26). The molecule has 154 valence electrons. The van der Waals surface area contributed by atoms with Crippen LogP contribution in [0.1, 0.15) is 19.8 Å². The molecule has 28 heavy (non-hydrogen) atoms. The van der Waals surface area contributed by atoms with Crippen molar-refractivity contribution in [3.63, 3.8) is 0 Å². The van der Waals surface area contributed by atoms with E-state index < -0.39 is 18.0 Å². The molecule has 0 aromatic heterocycles. The Morgan fingerprint density at radius 1 is 1.11 bits per heavy atom. The zero-order chi connectivity index (χ0) is 20.3. The number of alkyl halides is 3. The number of hydrogen-bond donors (Lipinski definition) is 1. The minimum Gasteiger partial charge on any atom is -0.375 e. The van der Waals surface area contributed by atoms with Gasteiger partial charge in [-0.1, -0.05) is 0 Å². The molecule has 0 radical (unpaired) electrons. The quantitative estimate of drug-likeness (QED) is 0.849. The molecule has 2 aliphatic heterocycles. The molecule has 1 aromatic rings. The van der Waals surface area contributed by atoms with Gasteiger partial charge in [-0.2, -0.15) is 13.2 Å². The number of nitrogens with zero attached hydrogens (tertiary/aromatic N) is 2. The first-order chi connectivity index (χ1) is 13.2. The first-order valence-electron chi connectivity index (χ1n) is 9.37. The zero-order valence-electron chi connectivity index (χ0n) is 15.7. The number of rotatable bonds is 3. The largest absolute Gasteiger partial charge is 0.471 e. The molecular formula is C19H24F3N3O3. The van der Waals surface area contributed by atoms with Crippen molar-refractivity contribution in [2.45, 2.75) is 32.0 Å². The van der Waals surface area contributed by atoms with E-state index in [2.05, 4.69) is 10.2 Å². The van der Waals surface area contributed by atoms with Crippen LogP contribution in [0, 0.1) is 5.92 Å². The lowest BCUT2D eigenvalue weighted by Crippen LogP contribution is -2.46. The van der Waals surface area contributed by atoms with E-state index >= 15 is 0 Å². The van der Waals surface area contributed by atoms with Crippen molar-refractivity contribution in [2.24, 2.45) is 5.92 Å². The minimum atomic E-state index is -4.87. The summed E-state index contributed by atoms with van der Waals surface area (Å²) in [5, 5.41) is 2.82. The van der Waals surface area contributed by atoms with E-state index in [-0.39, 0.29) is 37.9 Å². The number of benzene rings is 1. The second-order valence-electron chi connectivity index (χ2n) is 7.23. The third-order valence-electron chi connectivity index (χ3n) is 5.14. The van der Waals surface area contributed by atoms with Gasteiger partial charge in [-0.15, -0.1) is 0 Å². The van der Waals surface area contributed by atoms with Gasteiger partial charge in [-0.3, -0.25) is 9.59 Å². The molecular weight excluding hydrogens is 375 g/mol. The summed E-state index contributed by atoms with van der Waals surface area (Å²) in [6.07, 6.45) is -4.26. The highest BCUT2D eigenvalue weighted by molar-refractivity contribution is 5.93. The molecule has 0 spiro atoms. The lowest BCUT2D eigenvalue weighted by atomic mass is 9.95. The number of carbonyl (C=O) groups excluding carboxylic acids is 2. The van der Waals surface area contributed by atoms with Crippen molar-refractivity contribution in [3.05, 3.63) is 24.3 Å². The van der Waals surface area contributed by atoms with Gasteiger partial charge in [0.2, 0.25) is 5.91 Å². The van der Waals surface area contributed by atoms with Crippen LogP contribution in [-0.4, -0.2) is 61.8 Å². The van der Waals surface area contributed by atoms with Gasteiger partial charge < -0.3 is 19.9 Å². The Bertz CT molecular complexity index is 701. The molecule has 2 amide bonds. The first kappa shape index (κ1) is 20.4. The Labute approximate surface area is 161 Å². The predicted octanol–water partition coefficient (Wildman–Crippen LogP) is 2.65. The minimum absolute atomic E-state index is 0.0649. The van der Waals surface area contributed by atoms with Crippen molar-refractivity contribution >= 4 is 23.2 Å². The molecule has 6 nitrogen and oxygen atoms in total. The van der Waals surface area contributed by atoms with Crippen LogP contribution in [0.5, 0.6) is 0 Å². The summed E-state index contributed by atoms with van der Waals surface area (Å²) in [4.78, 5) is 26.6. The number of piperidine rings is 1. The van der Waals surface area contributed by atoms with E-state index in [0.717, 1.165) is 23.7 Å². The van der Waals surface area contributed by atoms with Crippen LogP contribution < -0.4 is 10.2 Å². The maximum absolute atomic E-state index is 12.5. The maximum Gasteiger partial charge on any atom is 0.471 e. The molecule has 0 saturated carbocycles. The number of hydrogen-bond acceptors (Lipinski definition) is 4. The summed E-state index contributed by atoms with van der Waals surface area (Å²) in [5.74, 6) is -2.47. The molecule has 2 saturated heterocycles. The van der Waals surface area contributed by atoms with E-state index in [4.69, 9.17) is 4.74 Å². The van der Waals surface area contributed by atoms with Crippen LogP contribution >= 0.6 is 0 Å². The summed E-state index contributed by atoms with van der Waals surface area (Å²) in [7, 11) is 0. The van der Waals surface area contributed by atoms with Crippen molar-refractivity contribution in [1.29, 1.82) is 0 Å². The number of halogens is 3. The van der Waals surface area contributed by atoms with Gasteiger partial charge >= 0.3 is 12.1 Å². The molecule has 2 aliphatic rings. The Hall–Kier alpha value is -2.29. The van der Waals surface area contributed by atoms with E-state index in [1.807, 2.05) is 31.2 Å². The topological polar surface area (TPSA) is 61.9 Å². The number of ether oxygens (including phenoxy) is 1. The summed E-state index contributed by atoms with van der Waals surface area (Å²) < 4.78 is 43.0. The van der Waals surface area contributed by atoms with Gasteiger partial charge in [-0.05, 0) is 44.0 Å². The Balaban J connectivity index is 1.51.